The molecule has 0 saturated heterocycles. The molecule has 0 spiro atoms. The van der Waals surface area contributed by atoms with Crippen molar-refractivity contribution in [1.29, 1.82) is 0 Å². The highest BCUT2D eigenvalue weighted by Gasteiger charge is 2.27. The summed E-state index contributed by atoms with van der Waals surface area (Å²) in [5.41, 5.74) is 22.2. The number of hydrogen-bond acceptors (Lipinski definition) is 2. The second kappa shape index (κ2) is 10.9. The summed E-state index contributed by atoms with van der Waals surface area (Å²) in [5.74, 6) is 0. The van der Waals surface area contributed by atoms with E-state index in [0.717, 1.165) is 48.4 Å². The van der Waals surface area contributed by atoms with Crippen LogP contribution in [-0.4, -0.2) is 11.8 Å². The number of benzene rings is 5. The van der Waals surface area contributed by atoms with Crippen LogP contribution in [0.3, 0.4) is 0 Å². The maximum atomic E-state index is 5.27. The normalized spacial score (nSPS) is 18.2. The predicted octanol–water partition coefficient (Wildman–Crippen LogP) is 10.5. The molecule has 1 unspecified atom stereocenters. The number of nitrogens with one attached hydrogen (secondary N) is 1. The molecule has 1 N–H and O–H groups in total. The molecule has 0 aromatic heterocycles. The highest BCUT2D eigenvalue weighted by Crippen LogP contribution is 2.41. The average Bonchev–Trinajstić information content (AvgIpc) is 3.72. The summed E-state index contributed by atoms with van der Waals surface area (Å²) >= 11 is 0. The lowest BCUT2D eigenvalue weighted by atomic mass is 9.88. The number of aliphatic imine (C=N–C) groups is 1. The first-order valence-electron chi connectivity index (χ1n) is 17.1. The van der Waals surface area contributed by atoms with Crippen LogP contribution in [0.15, 0.2) is 162 Å². The Morgan fingerprint density at radius 2 is 1.10 bits per heavy atom. The fraction of sp³-hybridized carbons (Fsp3) is 0.109. The van der Waals surface area contributed by atoms with Crippen molar-refractivity contribution in [1.82, 2.24) is 5.32 Å². The minimum absolute atomic E-state index is 0.0909. The Kier molecular flexibility index (Phi) is 6.23. The van der Waals surface area contributed by atoms with Gasteiger partial charge in [0.15, 0.2) is 0 Å². The van der Waals surface area contributed by atoms with E-state index in [4.69, 9.17) is 4.99 Å². The summed E-state index contributed by atoms with van der Waals surface area (Å²) in [6.45, 7) is 0. The van der Waals surface area contributed by atoms with Crippen molar-refractivity contribution in [3.8, 4) is 33.4 Å². The molecule has 1 atom stereocenters. The van der Waals surface area contributed by atoms with Crippen LogP contribution in [0.4, 0.5) is 0 Å². The van der Waals surface area contributed by atoms with E-state index in [9.17, 15) is 0 Å². The molecule has 2 heteroatoms. The van der Waals surface area contributed by atoms with Gasteiger partial charge in [0.05, 0.1) is 23.1 Å². The summed E-state index contributed by atoms with van der Waals surface area (Å²) in [7, 11) is 0. The molecule has 4 aliphatic carbocycles. The third kappa shape index (κ3) is 4.52. The molecule has 48 heavy (non-hydrogen) atoms. The molecule has 0 fully saturated rings. The SMILES string of the molecule is C1=CC2=NC(c3ccc(-c4ccc5c(c4)Cc4ccccc4-5)cc3)=C(C3=CC=C(c4ccc5c(c4)Cc4ccccc4-5)CC3)NC2C=C1. The molecule has 0 radical (unpaired) electrons. The molecule has 5 aliphatic rings. The van der Waals surface area contributed by atoms with Gasteiger partial charge in [-0.25, -0.2) is 4.99 Å². The van der Waals surface area contributed by atoms with Gasteiger partial charge in [-0.05, 0) is 104 Å². The van der Waals surface area contributed by atoms with Gasteiger partial charge in [0.25, 0.3) is 0 Å². The van der Waals surface area contributed by atoms with Crippen LogP contribution < -0.4 is 5.32 Å². The van der Waals surface area contributed by atoms with Crippen molar-refractivity contribution >= 4 is 17.0 Å². The third-order valence-corrected chi connectivity index (χ3v) is 10.7. The van der Waals surface area contributed by atoms with E-state index in [-0.39, 0.29) is 6.04 Å². The summed E-state index contributed by atoms with van der Waals surface area (Å²) < 4.78 is 0. The smallest absolute Gasteiger partial charge is 0.0940 e. The number of allylic oxidation sites excluding steroid dienone is 6. The van der Waals surface area contributed by atoms with Gasteiger partial charge in [-0.15, -0.1) is 0 Å². The minimum Gasteiger partial charge on any atom is -0.371 e. The second-order valence-electron chi connectivity index (χ2n) is 13.5. The number of rotatable bonds is 4. The summed E-state index contributed by atoms with van der Waals surface area (Å²) in [6.07, 6.45) is 17.2. The standard InChI is InChI=1S/C46H34N2/c1-3-9-39-35(7-1)27-37-25-33(21-23-41(37)39)29-13-17-31(18-14-29)45-46(48-44-12-6-5-11-43(44)47-45)32-19-15-30(16-20-32)34-22-24-42-38(26-34)28-36-8-2-4-10-40(36)42/h1-15,17-19,21-26,44,48H,16,20,27-28H2. The van der Waals surface area contributed by atoms with Gasteiger partial charge in [-0.1, -0.05) is 140 Å². The van der Waals surface area contributed by atoms with E-state index in [1.165, 1.54) is 72.3 Å². The summed E-state index contributed by atoms with van der Waals surface area (Å²) in [6, 6.07) is 40.7. The zero-order valence-corrected chi connectivity index (χ0v) is 26.7. The Hall–Kier alpha value is -5.73. The van der Waals surface area contributed by atoms with Crippen LogP contribution in [0.1, 0.15) is 46.2 Å². The Balaban J connectivity index is 0.973. The monoisotopic (exact) mass is 614 g/mol. The van der Waals surface area contributed by atoms with Crippen molar-refractivity contribution in [2.24, 2.45) is 4.99 Å². The van der Waals surface area contributed by atoms with Crippen LogP contribution in [0.5, 0.6) is 0 Å². The Morgan fingerprint density at radius 3 is 1.81 bits per heavy atom. The molecule has 2 nitrogen and oxygen atoms in total. The zero-order valence-electron chi connectivity index (χ0n) is 26.7. The van der Waals surface area contributed by atoms with Crippen LogP contribution in [0.2, 0.25) is 0 Å². The molecular formula is C46H34N2. The van der Waals surface area contributed by atoms with Gasteiger partial charge in [-0.2, -0.15) is 0 Å². The van der Waals surface area contributed by atoms with Crippen molar-refractivity contribution in [2.75, 3.05) is 0 Å². The Bertz CT molecular complexity index is 2360. The Labute approximate surface area is 281 Å². The lowest BCUT2D eigenvalue weighted by Crippen LogP contribution is -2.38. The fourth-order valence-electron chi connectivity index (χ4n) is 8.20. The second-order valence-corrected chi connectivity index (χ2v) is 13.5. The van der Waals surface area contributed by atoms with E-state index in [2.05, 4.69) is 151 Å². The van der Waals surface area contributed by atoms with E-state index in [0.29, 0.717) is 0 Å². The zero-order chi connectivity index (χ0) is 31.6. The topological polar surface area (TPSA) is 24.4 Å². The quantitative estimate of drug-likeness (QED) is 0.210. The van der Waals surface area contributed by atoms with Crippen LogP contribution in [-0.2, 0) is 12.8 Å². The van der Waals surface area contributed by atoms with Crippen molar-refractivity contribution in [3.05, 3.63) is 190 Å². The molecule has 5 aromatic rings. The highest BCUT2D eigenvalue weighted by atomic mass is 15.0. The molecular weight excluding hydrogens is 581 g/mol. The van der Waals surface area contributed by atoms with Crippen molar-refractivity contribution in [3.63, 3.8) is 0 Å². The summed E-state index contributed by atoms with van der Waals surface area (Å²) in [4.78, 5) is 5.27. The molecule has 0 amide bonds. The van der Waals surface area contributed by atoms with Crippen molar-refractivity contribution in [2.45, 2.75) is 31.7 Å². The van der Waals surface area contributed by atoms with E-state index in [1.807, 2.05) is 0 Å². The predicted molar refractivity (Wildman–Crippen MR) is 200 cm³/mol. The molecule has 5 aromatic carbocycles. The minimum atomic E-state index is 0.0909. The van der Waals surface area contributed by atoms with Gasteiger partial charge in [0.1, 0.15) is 0 Å². The fourth-order valence-corrected chi connectivity index (χ4v) is 8.20. The molecule has 228 valence electrons. The first-order valence-corrected chi connectivity index (χ1v) is 17.1. The average molecular weight is 615 g/mol. The Morgan fingerprint density at radius 1 is 0.521 bits per heavy atom. The number of nitrogens with zero attached hydrogens (tertiary/aromatic N) is 1. The van der Waals surface area contributed by atoms with Gasteiger partial charge in [-0.3, -0.25) is 0 Å². The largest absolute Gasteiger partial charge is 0.371 e. The number of hydrogen-bond donors (Lipinski definition) is 1. The number of fused-ring (bicyclic) bond motifs is 7. The van der Waals surface area contributed by atoms with Crippen LogP contribution >= 0.6 is 0 Å². The molecule has 1 aliphatic heterocycles. The first-order chi connectivity index (χ1) is 23.7. The van der Waals surface area contributed by atoms with Gasteiger partial charge < -0.3 is 5.32 Å². The molecule has 10 rings (SSSR count). The van der Waals surface area contributed by atoms with Crippen molar-refractivity contribution < 1.29 is 0 Å². The van der Waals surface area contributed by atoms with Gasteiger partial charge in [0, 0.05) is 5.56 Å². The third-order valence-electron chi connectivity index (χ3n) is 10.7. The maximum Gasteiger partial charge on any atom is 0.0940 e. The first kappa shape index (κ1) is 27.4. The van der Waals surface area contributed by atoms with Crippen LogP contribution in [0, 0.1) is 0 Å². The lowest BCUT2D eigenvalue weighted by molar-refractivity contribution is 0.790. The van der Waals surface area contributed by atoms with Gasteiger partial charge in [0.2, 0.25) is 0 Å². The lowest BCUT2D eigenvalue weighted by Gasteiger charge is -2.30. The van der Waals surface area contributed by atoms with E-state index < -0.39 is 0 Å². The molecule has 0 saturated carbocycles. The maximum absolute atomic E-state index is 5.27. The van der Waals surface area contributed by atoms with Gasteiger partial charge >= 0.3 is 0 Å². The molecule has 0 bridgehead atoms. The van der Waals surface area contributed by atoms with E-state index >= 15 is 0 Å². The highest BCUT2D eigenvalue weighted by molar-refractivity contribution is 6.06. The molecule has 1 heterocycles. The summed E-state index contributed by atoms with van der Waals surface area (Å²) in [5, 5.41) is 3.87. The van der Waals surface area contributed by atoms with Crippen LogP contribution in [0.25, 0.3) is 44.7 Å². The van der Waals surface area contributed by atoms with E-state index in [1.54, 1.807) is 0 Å².